The summed E-state index contributed by atoms with van der Waals surface area (Å²) < 4.78 is 0. The van der Waals surface area contributed by atoms with Crippen molar-refractivity contribution in [2.75, 3.05) is 0 Å². The molecule has 3 aromatic rings. The van der Waals surface area contributed by atoms with Crippen molar-refractivity contribution in [2.24, 2.45) is 0 Å². The van der Waals surface area contributed by atoms with Crippen molar-refractivity contribution in [2.45, 2.75) is 18.8 Å². The first-order valence-corrected chi connectivity index (χ1v) is 8.67. The van der Waals surface area contributed by atoms with E-state index >= 15 is 0 Å². The summed E-state index contributed by atoms with van der Waals surface area (Å²) in [6.45, 7) is 2.14. The third-order valence-corrected chi connectivity index (χ3v) is 5.03. The highest BCUT2D eigenvalue weighted by Crippen LogP contribution is 2.44. The van der Waals surface area contributed by atoms with Crippen LogP contribution < -0.4 is 0 Å². The zero-order chi connectivity index (χ0) is 17.2. The number of hydrogen-bond acceptors (Lipinski definition) is 1. The summed E-state index contributed by atoms with van der Waals surface area (Å²) in [6, 6.07) is 28.3. The summed E-state index contributed by atoms with van der Waals surface area (Å²) in [5, 5.41) is 0. The van der Waals surface area contributed by atoms with E-state index in [9.17, 15) is 4.79 Å². The highest BCUT2D eigenvalue weighted by molar-refractivity contribution is 6.03. The van der Waals surface area contributed by atoms with Crippen LogP contribution in [0.2, 0.25) is 0 Å². The molecule has 0 aliphatic heterocycles. The lowest BCUT2D eigenvalue weighted by atomic mass is 9.71. The summed E-state index contributed by atoms with van der Waals surface area (Å²) in [5.41, 5.74) is 5.51. The largest absolute Gasteiger partial charge is 0.293 e. The Balaban J connectivity index is 1.88. The predicted molar refractivity (Wildman–Crippen MR) is 103 cm³/mol. The monoisotopic (exact) mass is 324 g/mol. The molecule has 122 valence electrons. The molecule has 0 radical (unpaired) electrons. The van der Waals surface area contributed by atoms with E-state index in [0.29, 0.717) is 0 Å². The molecule has 1 aliphatic rings. The van der Waals surface area contributed by atoms with Crippen molar-refractivity contribution in [3.05, 3.63) is 113 Å². The van der Waals surface area contributed by atoms with Crippen LogP contribution >= 0.6 is 0 Å². The summed E-state index contributed by atoms with van der Waals surface area (Å²) >= 11 is 0. The Labute approximate surface area is 148 Å². The number of allylic oxidation sites excluding steroid dienone is 2. The molecule has 3 aromatic carbocycles. The van der Waals surface area contributed by atoms with Crippen LogP contribution in [0.4, 0.5) is 0 Å². The molecular formula is C24H20O. The van der Waals surface area contributed by atoms with E-state index in [1.807, 2.05) is 60.7 Å². The van der Waals surface area contributed by atoms with Gasteiger partial charge in [0.25, 0.3) is 0 Å². The molecule has 25 heavy (non-hydrogen) atoms. The summed E-state index contributed by atoms with van der Waals surface area (Å²) in [4.78, 5) is 13.4. The van der Waals surface area contributed by atoms with Gasteiger partial charge in [-0.25, -0.2) is 0 Å². The molecule has 2 atom stereocenters. The minimum atomic E-state index is -0.190. The molecule has 0 aromatic heterocycles. The average Bonchev–Trinajstić information content (AvgIpc) is 2.69. The maximum absolute atomic E-state index is 13.4. The summed E-state index contributed by atoms with van der Waals surface area (Å²) in [5.74, 6) is 0.0548. The van der Waals surface area contributed by atoms with E-state index in [1.54, 1.807) is 0 Å². The molecule has 0 spiro atoms. The van der Waals surface area contributed by atoms with Crippen molar-refractivity contribution >= 4 is 11.4 Å². The molecule has 0 bridgehead atoms. The van der Waals surface area contributed by atoms with Gasteiger partial charge in [-0.15, -0.1) is 0 Å². The number of fused-ring (bicyclic) bond motifs is 1. The summed E-state index contributed by atoms with van der Waals surface area (Å²) in [7, 11) is 0. The van der Waals surface area contributed by atoms with E-state index in [0.717, 1.165) is 11.1 Å². The fraction of sp³-hybridized carbons (Fsp3) is 0.125. The number of Topliss-reactive ketones (excluding diaryl/α,β-unsaturated/α-hetero) is 1. The predicted octanol–water partition coefficient (Wildman–Crippen LogP) is 5.85. The Bertz CT molecular complexity index is 923. The number of carbonyl (C=O) groups is 1. The van der Waals surface area contributed by atoms with Crippen LogP contribution in [-0.4, -0.2) is 5.78 Å². The van der Waals surface area contributed by atoms with Crippen molar-refractivity contribution in [1.82, 2.24) is 0 Å². The highest BCUT2D eigenvalue weighted by atomic mass is 16.1. The van der Waals surface area contributed by atoms with Gasteiger partial charge >= 0.3 is 0 Å². The van der Waals surface area contributed by atoms with E-state index < -0.39 is 0 Å². The molecule has 1 heteroatoms. The van der Waals surface area contributed by atoms with Crippen LogP contribution in [0.1, 0.15) is 45.8 Å². The molecule has 0 saturated heterocycles. The highest BCUT2D eigenvalue weighted by Gasteiger charge is 2.35. The Kier molecular flexibility index (Phi) is 4.07. The first kappa shape index (κ1) is 15.6. The standard InChI is InChI=1S/C24H20O/c1-17-16-22(18-10-4-2-5-11-18)23(21-15-9-8-14-20(17)21)24(25)19-12-6-3-7-13-19/h2-16,22-23H,1H3. The SMILES string of the molecule is CC1=CC(c2ccccc2)C(C(=O)c2ccccc2)c2ccccc21. The van der Waals surface area contributed by atoms with Crippen LogP contribution in [0.25, 0.3) is 5.57 Å². The molecule has 0 amide bonds. The number of hydrogen-bond donors (Lipinski definition) is 0. The Hall–Kier alpha value is -2.93. The molecule has 1 aliphatic carbocycles. The molecule has 0 N–H and O–H groups in total. The Morgan fingerprint density at radius 3 is 2.08 bits per heavy atom. The van der Waals surface area contributed by atoms with Gasteiger partial charge in [0.05, 0.1) is 5.92 Å². The van der Waals surface area contributed by atoms with Crippen molar-refractivity contribution in [3.63, 3.8) is 0 Å². The van der Waals surface area contributed by atoms with E-state index in [4.69, 9.17) is 0 Å². The maximum atomic E-state index is 13.4. The van der Waals surface area contributed by atoms with Crippen LogP contribution in [0.3, 0.4) is 0 Å². The normalized spacial score (nSPS) is 19.0. The zero-order valence-corrected chi connectivity index (χ0v) is 14.2. The van der Waals surface area contributed by atoms with E-state index in [2.05, 4.69) is 37.3 Å². The second-order valence-electron chi connectivity index (χ2n) is 6.58. The summed E-state index contributed by atoms with van der Waals surface area (Å²) in [6.07, 6.45) is 2.25. The number of carbonyl (C=O) groups excluding carboxylic acids is 1. The van der Waals surface area contributed by atoms with Crippen molar-refractivity contribution in [1.29, 1.82) is 0 Å². The topological polar surface area (TPSA) is 17.1 Å². The number of rotatable bonds is 3. The molecule has 0 saturated carbocycles. The van der Waals surface area contributed by atoms with Crippen LogP contribution in [-0.2, 0) is 0 Å². The van der Waals surface area contributed by atoms with Gasteiger partial charge in [0.2, 0.25) is 0 Å². The minimum Gasteiger partial charge on any atom is -0.293 e. The first-order valence-electron chi connectivity index (χ1n) is 8.67. The second kappa shape index (κ2) is 6.52. The average molecular weight is 324 g/mol. The van der Waals surface area contributed by atoms with Crippen LogP contribution in [0.5, 0.6) is 0 Å². The van der Waals surface area contributed by atoms with Gasteiger partial charge in [0.15, 0.2) is 5.78 Å². The van der Waals surface area contributed by atoms with Gasteiger partial charge in [-0.05, 0) is 29.2 Å². The lowest BCUT2D eigenvalue weighted by Crippen LogP contribution is -2.23. The third kappa shape index (κ3) is 2.83. The molecule has 0 fully saturated rings. The van der Waals surface area contributed by atoms with Gasteiger partial charge in [0.1, 0.15) is 0 Å². The van der Waals surface area contributed by atoms with Crippen molar-refractivity contribution < 1.29 is 4.79 Å². The zero-order valence-electron chi connectivity index (χ0n) is 14.2. The van der Waals surface area contributed by atoms with Crippen molar-refractivity contribution in [3.8, 4) is 0 Å². The molecular weight excluding hydrogens is 304 g/mol. The number of ketones is 1. The maximum Gasteiger partial charge on any atom is 0.171 e. The fourth-order valence-electron chi connectivity index (χ4n) is 3.83. The van der Waals surface area contributed by atoms with Gasteiger partial charge < -0.3 is 0 Å². The lowest BCUT2D eigenvalue weighted by Gasteiger charge is -2.31. The van der Waals surface area contributed by atoms with E-state index in [-0.39, 0.29) is 17.6 Å². The molecule has 4 rings (SSSR count). The van der Waals surface area contributed by atoms with Gasteiger partial charge in [0, 0.05) is 11.5 Å². The number of benzene rings is 3. The Morgan fingerprint density at radius 2 is 1.36 bits per heavy atom. The van der Waals surface area contributed by atoms with E-state index in [1.165, 1.54) is 16.7 Å². The molecule has 1 nitrogen and oxygen atoms in total. The quantitative estimate of drug-likeness (QED) is 0.552. The molecule has 2 unspecified atom stereocenters. The Morgan fingerprint density at radius 1 is 0.760 bits per heavy atom. The fourth-order valence-corrected chi connectivity index (χ4v) is 3.83. The molecule has 0 heterocycles. The lowest BCUT2D eigenvalue weighted by molar-refractivity contribution is 0.0952. The van der Waals surface area contributed by atoms with Gasteiger partial charge in [-0.2, -0.15) is 0 Å². The second-order valence-corrected chi connectivity index (χ2v) is 6.58. The van der Waals surface area contributed by atoms with Crippen LogP contribution in [0.15, 0.2) is 91.0 Å². The van der Waals surface area contributed by atoms with Crippen LogP contribution in [0, 0.1) is 0 Å². The third-order valence-electron chi connectivity index (χ3n) is 5.03. The minimum absolute atomic E-state index is 0.0591. The first-order chi connectivity index (χ1) is 12.3. The van der Waals surface area contributed by atoms with Gasteiger partial charge in [-0.3, -0.25) is 4.79 Å². The van der Waals surface area contributed by atoms with Gasteiger partial charge in [-0.1, -0.05) is 91.0 Å². The smallest absolute Gasteiger partial charge is 0.171 e.